The van der Waals surface area contributed by atoms with Crippen molar-refractivity contribution in [3.05, 3.63) is 35.4 Å². The van der Waals surface area contributed by atoms with Crippen LogP contribution >= 0.6 is 11.6 Å². The predicted octanol–water partition coefficient (Wildman–Crippen LogP) is 4.87. The van der Waals surface area contributed by atoms with Gasteiger partial charge in [0.15, 0.2) is 0 Å². The third-order valence-corrected chi connectivity index (χ3v) is 4.79. The molecule has 1 nitrogen and oxygen atoms in total. The van der Waals surface area contributed by atoms with Gasteiger partial charge in [-0.3, -0.25) is 0 Å². The molecular formula is C18H28ClN. The van der Waals surface area contributed by atoms with Crippen LogP contribution < -0.4 is 5.32 Å². The first-order valence-electron chi connectivity index (χ1n) is 7.89. The molecule has 0 saturated heterocycles. The van der Waals surface area contributed by atoms with Crippen molar-refractivity contribution >= 4 is 11.6 Å². The standard InChI is InChI=1S/C18H28ClN/c1-18(2,3)16-8-4-14(5-9-16)12-20-13-15-6-10-17(19)11-7-15/h4-5,8-9,15,17,20H,6-7,10-13H2,1-3H3. The number of rotatable bonds is 4. The Morgan fingerprint density at radius 3 is 2.20 bits per heavy atom. The van der Waals surface area contributed by atoms with Crippen molar-refractivity contribution in [1.29, 1.82) is 0 Å². The first kappa shape index (κ1) is 15.9. The number of nitrogens with one attached hydrogen (secondary N) is 1. The lowest BCUT2D eigenvalue weighted by atomic mass is 9.86. The topological polar surface area (TPSA) is 12.0 Å². The molecule has 1 saturated carbocycles. The minimum Gasteiger partial charge on any atom is -0.312 e. The van der Waals surface area contributed by atoms with Gasteiger partial charge in [-0.2, -0.15) is 0 Å². The van der Waals surface area contributed by atoms with E-state index in [9.17, 15) is 0 Å². The summed E-state index contributed by atoms with van der Waals surface area (Å²) in [4.78, 5) is 0. The summed E-state index contributed by atoms with van der Waals surface area (Å²) in [7, 11) is 0. The van der Waals surface area contributed by atoms with Gasteiger partial charge in [-0.25, -0.2) is 0 Å². The van der Waals surface area contributed by atoms with Crippen molar-refractivity contribution in [1.82, 2.24) is 5.32 Å². The lowest BCUT2D eigenvalue weighted by Gasteiger charge is -2.25. The average Bonchev–Trinajstić information content (AvgIpc) is 2.41. The monoisotopic (exact) mass is 293 g/mol. The van der Waals surface area contributed by atoms with Crippen LogP contribution in [0.4, 0.5) is 0 Å². The van der Waals surface area contributed by atoms with Gasteiger partial charge in [0.2, 0.25) is 0 Å². The fourth-order valence-corrected chi connectivity index (χ4v) is 3.12. The summed E-state index contributed by atoms with van der Waals surface area (Å²) in [6, 6.07) is 9.03. The molecule has 1 aliphatic carbocycles. The van der Waals surface area contributed by atoms with E-state index in [1.165, 1.54) is 36.8 Å². The molecule has 0 aromatic heterocycles. The van der Waals surface area contributed by atoms with Gasteiger partial charge in [0.25, 0.3) is 0 Å². The highest BCUT2D eigenvalue weighted by atomic mass is 35.5. The predicted molar refractivity (Wildman–Crippen MR) is 88.4 cm³/mol. The molecule has 1 aromatic carbocycles. The molecule has 0 unspecified atom stereocenters. The lowest BCUT2D eigenvalue weighted by Crippen LogP contribution is -2.26. The van der Waals surface area contributed by atoms with Gasteiger partial charge in [0, 0.05) is 11.9 Å². The molecular weight excluding hydrogens is 266 g/mol. The Hall–Kier alpha value is -0.530. The molecule has 112 valence electrons. The van der Waals surface area contributed by atoms with E-state index in [4.69, 9.17) is 11.6 Å². The molecule has 2 rings (SSSR count). The van der Waals surface area contributed by atoms with E-state index in [1.807, 2.05) is 0 Å². The van der Waals surface area contributed by atoms with E-state index in [2.05, 4.69) is 50.4 Å². The third kappa shape index (κ3) is 4.79. The molecule has 2 heteroatoms. The van der Waals surface area contributed by atoms with E-state index >= 15 is 0 Å². The maximum absolute atomic E-state index is 6.14. The van der Waals surface area contributed by atoms with Gasteiger partial charge in [0.05, 0.1) is 0 Å². The van der Waals surface area contributed by atoms with E-state index in [0.717, 1.165) is 19.0 Å². The molecule has 1 aromatic rings. The number of halogens is 1. The second-order valence-corrected chi connectivity index (χ2v) is 7.81. The summed E-state index contributed by atoms with van der Waals surface area (Å²) in [5.41, 5.74) is 3.03. The number of benzene rings is 1. The van der Waals surface area contributed by atoms with Gasteiger partial charge in [-0.1, -0.05) is 45.0 Å². The lowest BCUT2D eigenvalue weighted by molar-refractivity contribution is 0.345. The maximum atomic E-state index is 6.14. The van der Waals surface area contributed by atoms with Crippen molar-refractivity contribution in [2.45, 2.75) is 63.8 Å². The highest BCUT2D eigenvalue weighted by Gasteiger charge is 2.18. The van der Waals surface area contributed by atoms with Crippen LogP contribution in [0, 0.1) is 5.92 Å². The molecule has 0 radical (unpaired) electrons. The van der Waals surface area contributed by atoms with E-state index < -0.39 is 0 Å². The van der Waals surface area contributed by atoms with Crippen molar-refractivity contribution in [2.75, 3.05) is 6.54 Å². The Morgan fingerprint density at radius 2 is 1.65 bits per heavy atom. The Bertz CT molecular complexity index is 396. The van der Waals surface area contributed by atoms with Crippen molar-refractivity contribution < 1.29 is 0 Å². The highest BCUT2D eigenvalue weighted by molar-refractivity contribution is 6.20. The van der Waals surface area contributed by atoms with E-state index in [1.54, 1.807) is 0 Å². The van der Waals surface area contributed by atoms with Gasteiger partial charge < -0.3 is 5.32 Å². The first-order chi connectivity index (χ1) is 9.45. The summed E-state index contributed by atoms with van der Waals surface area (Å²) in [6.45, 7) is 8.88. The van der Waals surface area contributed by atoms with Crippen LogP contribution in [0.25, 0.3) is 0 Å². The summed E-state index contributed by atoms with van der Waals surface area (Å²) in [6.07, 6.45) is 4.94. The number of alkyl halides is 1. The quantitative estimate of drug-likeness (QED) is 0.781. The molecule has 1 aliphatic rings. The average molecular weight is 294 g/mol. The van der Waals surface area contributed by atoms with Crippen LogP contribution in [-0.2, 0) is 12.0 Å². The molecule has 20 heavy (non-hydrogen) atoms. The van der Waals surface area contributed by atoms with Crippen molar-refractivity contribution in [3.63, 3.8) is 0 Å². The van der Waals surface area contributed by atoms with E-state index in [-0.39, 0.29) is 5.41 Å². The van der Waals surface area contributed by atoms with Crippen LogP contribution in [0.3, 0.4) is 0 Å². The molecule has 0 heterocycles. The summed E-state index contributed by atoms with van der Waals surface area (Å²) in [5.74, 6) is 0.818. The largest absolute Gasteiger partial charge is 0.312 e. The summed E-state index contributed by atoms with van der Waals surface area (Å²) in [5, 5.41) is 4.03. The molecule has 1 fully saturated rings. The van der Waals surface area contributed by atoms with E-state index in [0.29, 0.717) is 5.38 Å². The summed E-state index contributed by atoms with van der Waals surface area (Å²) < 4.78 is 0. The van der Waals surface area contributed by atoms with Gasteiger partial charge >= 0.3 is 0 Å². The first-order valence-corrected chi connectivity index (χ1v) is 8.33. The van der Waals surface area contributed by atoms with Gasteiger partial charge in [0.1, 0.15) is 0 Å². The smallest absolute Gasteiger partial charge is 0.0336 e. The zero-order valence-electron chi connectivity index (χ0n) is 13.1. The Balaban J connectivity index is 1.74. The molecule has 0 atom stereocenters. The molecule has 0 spiro atoms. The fraction of sp³-hybridized carbons (Fsp3) is 0.667. The molecule has 0 aliphatic heterocycles. The number of hydrogen-bond acceptors (Lipinski definition) is 1. The van der Waals surface area contributed by atoms with Crippen molar-refractivity contribution in [2.24, 2.45) is 5.92 Å². The number of hydrogen-bond donors (Lipinski definition) is 1. The Kier molecular flexibility index (Phi) is 5.51. The minimum absolute atomic E-state index is 0.242. The van der Waals surface area contributed by atoms with Crippen LogP contribution in [0.5, 0.6) is 0 Å². The van der Waals surface area contributed by atoms with Crippen LogP contribution in [0.2, 0.25) is 0 Å². The minimum atomic E-state index is 0.242. The second kappa shape index (κ2) is 6.95. The van der Waals surface area contributed by atoms with Crippen LogP contribution in [-0.4, -0.2) is 11.9 Å². The maximum Gasteiger partial charge on any atom is 0.0336 e. The molecule has 1 N–H and O–H groups in total. The Morgan fingerprint density at radius 1 is 1.05 bits per heavy atom. The Labute approximate surface area is 129 Å². The van der Waals surface area contributed by atoms with Crippen molar-refractivity contribution in [3.8, 4) is 0 Å². The van der Waals surface area contributed by atoms with Gasteiger partial charge in [-0.15, -0.1) is 11.6 Å². The highest BCUT2D eigenvalue weighted by Crippen LogP contribution is 2.27. The molecule has 0 bridgehead atoms. The third-order valence-electron chi connectivity index (χ3n) is 4.36. The zero-order valence-corrected chi connectivity index (χ0v) is 13.8. The zero-order chi connectivity index (χ0) is 14.6. The normalized spacial score (nSPS) is 23.8. The summed E-state index contributed by atoms with van der Waals surface area (Å²) >= 11 is 6.14. The fourth-order valence-electron chi connectivity index (χ4n) is 2.87. The van der Waals surface area contributed by atoms with Crippen LogP contribution in [0.15, 0.2) is 24.3 Å². The SMILES string of the molecule is CC(C)(C)c1ccc(CNCC2CCC(Cl)CC2)cc1. The van der Waals surface area contributed by atoms with Gasteiger partial charge in [-0.05, 0) is 54.7 Å². The second-order valence-electron chi connectivity index (χ2n) is 7.20. The molecule has 0 amide bonds. The van der Waals surface area contributed by atoms with Crippen LogP contribution in [0.1, 0.15) is 57.6 Å².